The topological polar surface area (TPSA) is 36.9 Å². The van der Waals surface area contributed by atoms with Crippen LogP contribution >= 0.6 is 0 Å². The molecule has 0 saturated heterocycles. The van der Waals surface area contributed by atoms with Crippen molar-refractivity contribution >= 4 is 17.1 Å². The average Bonchev–Trinajstić information content (AvgIpc) is 2.68. The second-order valence-electron chi connectivity index (χ2n) is 6.54. The first-order valence-electron chi connectivity index (χ1n) is 9.45. The van der Waals surface area contributed by atoms with Crippen LogP contribution in [0.15, 0.2) is 59.3 Å². The highest BCUT2D eigenvalue weighted by Gasteiger charge is 2.29. The predicted octanol–water partition coefficient (Wildman–Crippen LogP) is 4.59. The fourth-order valence-corrected chi connectivity index (χ4v) is 3.72. The second kappa shape index (κ2) is 6.96. The summed E-state index contributed by atoms with van der Waals surface area (Å²) in [4.78, 5) is 7.25. The number of fused-ring (bicyclic) bond motifs is 4. The van der Waals surface area contributed by atoms with Crippen molar-refractivity contribution in [3.63, 3.8) is 0 Å². The zero-order chi connectivity index (χ0) is 18.1. The normalized spacial score (nSPS) is 17.3. The fourth-order valence-electron chi connectivity index (χ4n) is 3.72. The fraction of sp³-hybridized carbons (Fsp3) is 0.318. The lowest BCUT2D eigenvalue weighted by Gasteiger charge is -2.30. The lowest BCUT2D eigenvalue weighted by molar-refractivity contribution is 0.439. The minimum absolute atomic E-state index is 0.151. The Kier molecular flexibility index (Phi) is 4.51. The van der Waals surface area contributed by atoms with Gasteiger partial charge in [-0.05, 0) is 44.2 Å². The summed E-state index contributed by atoms with van der Waals surface area (Å²) in [5.74, 6) is 1.68. The Labute approximate surface area is 155 Å². The Morgan fingerprint density at radius 1 is 1.08 bits per heavy atom. The van der Waals surface area contributed by atoms with Crippen molar-refractivity contribution < 1.29 is 4.74 Å². The molecule has 4 rings (SSSR count). The van der Waals surface area contributed by atoms with E-state index in [1.54, 1.807) is 0 Å². The molecule has 1 aliphatic carbocycles. The molecule has 4 heteroatoms. The van der Waals surface area contributed by atoms with Gasteiger partial charge >= 0.3 is 0 Å². The number of anilines is 1. The standard InChI is InChI=1S/C22H25N3O/c1-4-23-19-14-21-22(17-10-8-7-9-16(17)19)24-18-12-11-15(13-20(18)26-21)25(5-2)6-3/h7-14,19,23H,4-6H2,1-3H3. The van der Waals surface area contributed by atoms with E-state index >= 15 is 0 Å². The van der Waals surface area contributed by atoms with Crippen LogP contribution in [0.4, 0.5) is 11.4 Å². The number of allylic oxidation sites excluding steroid dienone is 1. The third-order valence-corrected chi connectivity index (χ3v) is 5.05. The third-order valence-electron chi connectivity index (χ3n) is 5.05. The van der Waals surface area contributed by atoms with Crippen molar-refractivity contribution in [2.24, 2.45) is 4.99 Å². The molecule has 4 nitrogen and oxygen atoms in total. The number of benzene rings is 2. The SMILES string of the molecule is CCNC1C=C2Oc3cc(N(CC)CC)ccc3N=C2c2ccccc21. The highest BCUT2D eigenvalue weighted by molar-refractivity contribution is 6.16. The van der Waals surface area contributed by atoms with E-state index in [0.29, 0.717) is 0 Å². The Morgan fingerprint density at radius 2 is 1.88 bits per heavy atom. The van der Waals surface area contributed by atoms with Crippen LogP contribution in [-0.2, 0) is 0 Å². The van der Waals surface area contributed by atoms with E-state index in [9.17, 15) is 0 Å². The number of nitrogens with one attached hydrogen (secondary N) is 1. The van der Waals surface area contributed by atoms with Crippen molar-refractivity contribution in [3.05, 3.63) is 65.4 Å². The van der Waals surface area contributed by atoms with Gasteiger partial charge in [-0.2, -0.15) is 0 Å². The maximum absolute atomic E-state index is 6.31. The monoisotopic (exact) mass is 347 g/mol. The molecule has 0 fully saturated rings. The molecule has 1 N–H and O–H groups in total. The summed E-state index contributed by atoms with van der Waals surface area (Å²) in [6, 6.07) is 14.9. The van der Waals surface area contributed by atoms with Crippen LogP contribution in [0.3, 0.4) is 0 Å². The number of hydrogen-bond acceptors (Lipinski definition) is 4. The number of likely N-dealkylation sites (N-methyl/N-ethyl adjacent to an activating group) is 1. The number of nitrogens with zero attached hydrogens (tertiary/aromatic N) is 2. The third kappa shape index (κ3) is 2.80. The molecular formula is C22H25N3O. The van der Waals surface area contributed by atoms with Crippen molar-refractivity contribution in [2.45, 2.75) is 26.8 Å². The highest BCUT2D eigenvalue weighted by atomic mass is 16.5. The summed E-state index contributed by atoms with van der Waals surface area (Å²) in [5, 5.41) is 3.53. The van der Waals surface area contributed by atoms with Crippen LogP contribution in [0.25, 0.3) is 0 Å². The maximum Gasteiger partial charge on any atom is 0.155 e. The van der Waals surface area contributed by atoms with Crippen LogP contribution in [0.2, 0.25) is 0 Å². The van der Waals surface area contributed by atoms with Crippen LogP contribution < -0.4 is 15.0 Å². The molecule has 2 aromatic carbocycles. The number of rotatable bonds is 5. The molecule has 26 heavy (non-hydrogen) atoms. The molecule has 0 bridgehead atoms. The molecule has 1 unspecified atom stereocenters. The molecule has 0 amide bonds. The Hall–Kier alpha value is -2.59. The van der Waals surface area contributed by atoms with Crippen molar-refractivity contribution in [1.29, 1.82) is 0 Å². The first-order chi connectivity index (χ1) is 12.7. The molecule has 1 atom stereocenters. The van der Waals surface area contributed by atoms with E-state index in [4.69, 9.17) is 9.73 Å². The minimum Gasteiger partial charge on any atom is -0.453 e. The first-order valence-corrected chi connectivity index (χ1v) is 9.45. The minimum atomic E-state index is 0.151. The quantitative estimate of drug-likeness (QED) is 0.859. The second-order valence-corrected chi connectivity index (χ2v) is 6.54. The summed E-state index contributed by atoms with van der Waals surface area (Å²) in [6.45, 7) is 9.31. The van der Waals surface area contributed by atoms with Gasteiger partial charge in [-0.15, -0.1) is 0 Å². The van der Waals surface area contributed by atoms with Crippen LogP contribution in [0.5, 0.6) is 5.75 Å². The van der Waals surface area contributed by atoms with Gasteiger partial charge in [0.1, 0.15) is 11.4 Å². The molecule has 1 aliphatic heterocycles. The Bertz CT molecular complexity index is 881. The average molecular weight is 347 g/mol. The summed E-state index contributed by atoms with van der Waals surface area (Å²) in [5.41, 5.74) is 5.40. The first kappa shape index (κ1) is 16.9. The number of aliphatic imine (C=N–C) groups is 1. The van der Waals surface area contributed by atoms with E-state index < -0.39 is 0 Å². The van der Waals surface area contributed by atoms with Gasteiger partial charge in [0.05, 0.1) is 6.04 Å². The molecule has 2 aromatic rings. The van der Waals surface area contributed by atoms with Crippen molar-refractivity contribution in [1.82, 2.24) is 5.32 Å². The summed E-state index contributed by atoms with van der Waals surface area (Å²) < 4.78 is 6.31. The molecule has 0 saturated carbocycles. The van der Waals surface area contributed by atoms with Gasteiger partial charge in [-0.25, -0.2) is 4.99 Å². The van der Waals surface area contributed by atoms with Crippen molar-refractivity contribution in [3.8, 4) is 5.75 Å². The Balaban J connectivity index is 1.79. The Morgan fingerprint density at radius 3 is 2.65 bits per heavy atom. The number of hydrogen-bond donors (Lipinski definition) is 1. The zero-order valence-corrected chi connectivity index (χ0v) is 15.6. The van der Waals surface area contributed by atoms with Gasteiger partial charge in [0.25, 0.3) is 0 Å². The summed E-state index contributed by atoms with van der Waals surface area (Å²) >= 11 is 0. The van der Waals surface area contributed by atoms with Gasteiger partial charge in [-0.3, -0.25) is 0 Å². The highest BCUT2D eigenvalue weighted by Crippen LogP contribution is 2.41. The zero-order valence-electron chi connectivity index (χ0n) is 15.6. The lowest BCUT2D eigenvalue weighted by atomic mass is 9.89. The van der Waals surface area contributed by atoms with Crippen LogP contribution in [-0.4, -0.2) is 25.3 Å². The van der Waals surface area contributed by atoms with E-state index in [0.717, 1.165) is 48.1 Å². The van der Waals surface area contributed by atoms with E-state index in [1.807, 2.05) is 0 Å². The largest absolute Gasteiger partial charge is 0.453 e. The number of ether oxygens (including phenoxy) is 1. The maximum atomic E-state index is 6.31. The van der Waals surface area contributed by atoms with Gasteiger partial charge < -0.3 is 15.0 Å². The van der Waals surface area contributed by atoms with Crippen LogP contribution in [0.1, 0.15) is 37.9 Å². The predicted molar refractivity (Wildman–Crippen MR) is 108 cm³/mol. The summed E-state index contributed by atoms with van der Waals surface area (Å²) in [7, 11) is 0. The van der Waals surface area contributed by atoms with E-state index in [2.05, 4.69) is 79.5 Å². The molecule has 0 aromatic heterocycles. The molecular weight excluding hydrogens is 322 g/mol. The van der Waals surface area contributed by atoms with Crippen LogP contribution in [0, 0.1) is 0 Å². The van der Waals surface area contributed by atoms with E-state index in [-0.39, 0.29) is 6.04 Å². The lowest BCUT2D eigenvalue weighted by Crippen LogP contribution is -2.29. The molecule has 0 spiro atoms. The molecule has 0 radical (unpaired) electrons. The van der Waals surface area contributed by atoms with Crippen molar-refractivity contribution in [2.75, 3.05) is 24.5 Å². The van der Waals surface area contributed by atoms with Gasteiger partial charge in [0, 0.05) is 30.4 Å². The van der Waals surface area contributed by atoms with Gasteiger partial charge in [0.15, 0.2) is 11.5 Å². The van der Waals surface area contributed by atoms with Gasteiger partial charge in [-0.1, -0.05) is 31.2 Å². The van der Waals surface area contributed by atoms with E-state index in [1.165, 1.54) is 11.3 Å². The molecule has 2 aliphatic rings. The molecule has 134 valence electrons. The smallest absolute Gasteiger partial charge is 0.155 e. The summed E-state index contributed by atoms with van der Waals surface area (Å²) in [6.07, 6.45) is 2.15. The van der Waals surface area contributed by atoms with Gasteiger partial charge in [0.2, 0.25) is 0 Å². The molecule has 1 heterocycles.